The first kappa shape index (κ1) is 16.9. The van der Waals surface area contributed by atoms with Gasteiger partial charge in [-0.3, -0.25) is 10.1 Å². The number of hydrogen-bond donors (Lipinski definition) is 0. The average Bonchev–Trinajstić information content (AvgIpc) is 2.74. The second-order valence-electron chi connectivity index (χ2n) is 5.62. The molecule has 1 aliphatic rings. The lowest BCUT2D eigenvalue weighted by molar-refractivity contribution is -0.388. The first-order chi connectivity index (χ1) is 11.4. The number of nitro groups is 1. The van der Waals surface area contributed by atoms with E-state index in [-0.39, 0.29) is 10.6 Å². The monoisotopic (exact) mass is 368 g/mol. The topological polar surface area (TPSA) is 108 Å². The minimum atomic E-state index is -3.50. The van der Waals surface area contributed by atoms with Gasteiger partial charge in [0.15, 0.2) is 15.0 Å². The van der Waals surface area contributed by atoms with Crippen LogP contribution in [0.5, 0.6) is 0 Å². The van der Waals surface area contributed by atoms with Crippen LogP contribution in [-0.4, -0.2) is 34.4 Å². The van der Waals surface area contributed by atoms with Crippen LogP contribution in [0.25, 0.3) is 0 Å². The predicted molar refractivity (Wildman–Crippen MR) is 87.9 cm³/mol. The van der Waals surface area contributed by atoms with Crippen molar-refractivity contribution in [3.8, 4) is 0 Å². The number of benzene rings is 1. The fourth-order valence-corrected chi connectivity index (χ4v) is 4.19. The zero-order chi connectivity index (χ0) is 17.3. The van der Waals surface area contributed by atoms with E-state index in [0.717, 1.165) is 62.1 Å². The van der Waals surface area contributed by atoms with E-state index in [1.54, 1.807) is 0 Å². The van der Waals surface area contributed by atoms with Crippen molar-refractivity contribution < 1.29 is 13.3 Å². The number of hydrogen-bond acceptors (Lipinski definition) is 7. The molecule has 1 aromatic heterocycles. The van der Waals surface area contributed by atoms with Crippen LogP contribution in [-0.2, 0) is 22.8 Å². The van der Waals surface area contributed by atoms with E-state index in [0.29, 0.717) is 10.1 Å². The predicted octanol–water partition coefficient (Wildman–Crippen LogP) is 2.47. The quantitative estimate of drug-likeness (QED) is 0.602. The van der Waals surface area contributed by atoms with Crippen LogP contribution in [0.1, 0.15) is 25.1 Å². The Morgan fingerprint density at radius 3 is 2.75 bits per heavy atom. The molecule has 10 heteroatoms. The van der Waals surface area contributed by atoms with Crippen molar-refractivity contribution in [3.05, 3.63) is 34.1 Å². The number of aryl methyl sites for hydroxylation is 1. The zero-order valence-corrected chi connectivity index (χ0v) is 14.6. The van der Waals surface area contributed by atoms with Gasteiger partial charge in [-0.05, 0) is 36.7 Å². The Kier molecular flexibility index (Phi) is 4.59. The highest BCUT2D eigenvalue weighted by Crippen LogP contribution is 2.36. The normalized spacial score (nSPS) is 14.9. The van der Waals surface area contributed by atoms with Crippen molar-refractivity contribution in [2.75, 3.05) is 6.26 Å². The van der Waals surface area contributed by atoms with Gasteiger partial charge >= 0.3 is 0 Å². The van der Waals surface area contributed by atoms with Gasteiger partial charge in [-0.15, -0.1) is 10.2 Å². The van der Waals surface area contributed by atoms with Crippen molar-refractivity contribution in [2.24, 2.45) is 0 Å². The summed E-state index contributed by atoms with van der Waals surface area (Å²) in [6.07, 6.45) is 5.08. The van der Waals surface area contributed by atoms with Crippen molar-refractivity contribution in [1.82, 2.24) is 14.8 Å². The largest absolute Gasteiger partial charge is 0.306 e. The summed E-state index contributed by atoms with van der Waals surface area (Å²) in [5, 5.41) is 20.2. The number of fused-ring (bicyclic) bond motifs is 1. The van der Waals surface area contributed by atoms with Gasteiger partial charge in [0.05, 0.1) is 14.7 Å². The molecule has 2 aromatic rings. The van der Waals surface area contributed by atoms with Crippen molar-refractivity contribution in [3.63, 3.8) is 0 Å². The summed E-state index contributed by atoms with van der Waals surface area (Å²) in [6, 6.07) is 3.93. The summed E-state index contributed by atoms with van der Waals surface area (Å²) >= 11 is 1.15. The Bertz CT molecular complexity index is 892. The van der Waals surface area contributed by atoms with Gasteiger partial charge in [0.1, 0.15) is 5.82 Å². The second-order valence-corrected chi connectivity index (χ2v) is 8.65. The molecule has 0 radical (unpaired) electrons. The summed E-state index contributed by atoms with van der Waals surface area (Å²) < 4.78 is 25.2. The van der Waals surface area contributed by atoms with Crippen molar-refractivity contribution in [1.29, 1.82) is 0 Å². The summed E-state index contributed by atoms with van der Waals surface area (Å²) in [5.41, 5.74) is -0.242. The molecule has 0 fully saturated rings. The molecule has 2 heterocycles. The molecule has 8 nitrogen and oxygen atoms in total. The first-order valence-electron chi connectivity index (χ1n) is 7.44. The molecule has 0 bridgehead atoms. The van der Waals surface area contributed by atoms with Crippen molar-refractivity contribution >= 4 is 27.3 Å². The van der Waals surface area contributed by atoms with E-state index in [9.17, 15) is 18.5 Å². The Labute approximate surface area is 143 Å². The van der Waals surface area contributed by atoms with Crippen LogP contribution >= 0.6 is 11.8 Å². The molecule has 0 atom stereocenters. The highest BCUT2D eigenvalue weighted by atomic mass is 32.2. The van der Waals surface area contributed by atoms with Gasteiger partial charge in [-0.2, -0.15) is 0 Å². The molecule has 0 saturated heterocycles. The third kappa shape index (κ3) is 3.44. The van der Waals surface area contributed by atoms with Crippen LogP contribution in [0.2, 0.25) is 0 Å². The highest BCUT2D eigenvalue weighted by molar-refractivity contribution is 7.99. The van der Waals surface area contributed by atoms with Crippen LogP contribution in [0, 0.1) is 10.1 Å². The fourth-order valence-electron chi connectivity index (χ4n) is 2.59. The van der Waals surface area contributed by atoms with Crippen molar-refractivity contribution in [2.45, 2.75) is 47.2 Å². The molecule has 1 aliphatic heterocycles. The lowest BCUT2D eigenvalue weighted by Crippen LogP contribution is -2.03. The van der Waals surface area contributed by atoms with E-state index < -0.39 is 14.8 Å². The Hall–Kier alpha value is -1.94. The van der Waals surface area contributed by atoms with Gasteiger partial charge in [0.2, 0.25) is 0 Å². The maximum atomic E-state index is 11.6. The molecular formula is C14H16N4O4S2. The minimum absolute atomic E-state index is 0.0707. The number of aromatic nitrogens is 3. The lowest BCUT2D eigenvalue weighted by Gasteiger charge is -2.07. The number of nitrogens with zero attached hydrogens (tertiary/aromatic N) is 4. The third-order valence-corrected chi connectivity index (χ3v) is 5.99. The average molecular weight is 368 g/mol. The van der Waals surface area contributed by atoms with Gasteiger partial charge < -0.3 is 4.57 Å². The van der Waals surface area contributed by atoms with Crippen LogP contribution in [0.3, 0.4) is 0 Å². The molecule has 0 spiro atoms. The molecule has 1 aromatic carbocycles. The third-order valence-electron chi connectivity index (χ3n) is 3.83. The zero-order valence-electron chi connectivity index (χ0n) is 13.0. The molecule has 0 aliphatic carbocycles. The SMILES string of the molecule is CS(=O)(=O)c1ccc(Sc2nnc3n2CCCCC3)c([N+](=O)[O-])c1. The smallest absolute Gasteiger partial charge is 0.284 e. The minimum Gasteiger partial charge on any atom is -0.306 e. The standard InChI is InChI=1S/C14H16N4O4S2/c1-24(21,22)10-6-7-12(11(9-10)18(19)20)23-14-16-15-13-5-3-2-4-8-17(13)14/h6-7,9H,2-5,8H2,1H3. The summed E-state index contributed by atoms with van der Waals surface area (Å²) in [6.45, 7) is 0.792. The number of nitro benzene ring substituents is 1. The van der Waals surface area contributed by atoms with Crippen LogP contribution in [0.4, 0.5) is 5.69 Å². The van der Waals surface area contributed by atoms with E-state index in [4.69, 9.17) is 0 Å². The maximum Gasteiger partial charge on any atom is 0.284 e. The molecule has 0 saturated carbocycles. The van der Waals surface area contributed by atoms with Gasteiger partial charge in [-0.1, -0.05) is 6.42 Å². The molecular weight excluding hydrogens is 352 g/mol. The van der Waals surface area contributed by atoms with E-state index in [2.05, 4.69) is 10.2 Å². The molecule has 24 heavy (non-hydrogen) atoms. The summed E-state index contributed by atoms with van der Waals surface area (Å²) in [7, 11) is -3.50. The maximum absolute atomic E-state index is 11.6. The molecule has 3 rings (SSSR count). The molecule has 128 valence electrons. The lowest BCUT2D eigenvalue weighted by atomic mass is 10.2. The Balaban J connectivity index is 1.99. The second kappa shape index (κ2) is 6.52. The molecule has 0 amide bonds. The van der Waals surface area contributed by atoms with E-state index in [1.807, 2.05) is 4.57 Å². The summed E-state index contributed by atoms with van der Waals surface area (Å²) in [5.74, 6) is 0.894. The van der Waals surface area contributed by atoms with Crippen LogP contribution in [0.15, 0.2) is 33.1 Å². The number of sulfone groups is 1. The first-order valence-corrected chi connectivity index (χ1v) is 10.2. The van der Waals surface area contributed by atoms with Crippen LogP contribution < -0.4 is 0 Å². The molecule has 0 N–H and O–H groups in total. The van der Waals surface area contributed by atoms with Gasteiger partial charge in [-0.25, -0.2) is 8.42 Å². The number of rotatable bonds is 4. The summed E-state index contributed by atoms with van der Waals surface area (Å²) in [4.78, 5) is 11.0. The Morgan fingerprint density at radius 2 is 2.04 bits per heavy atom. The van der Waals surface area contributed by atoms with Gasteiger partial charge in [0, 0.05) is 25.3 Å². The highest BCUT2D eigenvalue weighted by Gasteiger charge is 2.22. The Morgan fingerprint density at radius 1 is 1.25 bits per heavy atom. The van der Waals surface area contributed by atoms with Gasteiger partial charge in [0.25, 0.3) is 5.69 Å². The fraction of sp³-hybridized carbons (Fsp3) is 0.429. The van der Waals surface area contributed by atoms with E-state index >= 15 is 0 Å². The molecule has 0 unspecified atom stereocenters. The van der Waals surface area contributed by atoms with E-state index in [1.165, 1.54) is 12.1 Å².